The lowest BCUT2D eigenvalue weighted by atomic mass is 9.87. The fourth-order valence-electron chi connectivity index (χ4n) is 8.30. The third-order valence-corrected chi connectivity index (χ3v) is 13.6. The summed E-state index contributed by atoms with van der Waals surface area (Å²) in [7, 11) is -3.85. The standard InChI is InChI=1S/C22H21F3N2O3.C20H18ClF3N2O4S/c23-22(24,25)30-18-8-6-17(7-9-18)27-11-10-16-13-26(14-19(16)21(27)29)20(28)12-15-4-2-1-3-5-15;21-17-3-1-2-4-18(17)31(28,29)25-11-13-9-10-26(19(27)16(13)12-25)14-5-7-15(8-6-14)30-20(22,23)24/h1-9,16,19H,10-14H2;1-8,13,16H,9-12H2/t16-,19+;13-,16+/m00/s1. The Morgan fingerprint density at radius 2 is 1.11 bits per heavy atom. The maximum absolute atomic E-state index is 13.1. The Morgan fingerprint density at radius 1 is 0.639 bits per heavy atom. The first kappa shape index (κ1) is 43.7. The number of ether oxygens (including phenoxy) is 2. The number of likely N-dealkylation sites (tertiary alicyclic amines) is 1. The summed E-state index contributed by atoms with van der Waals surface area (Å²) < 4.78 is 109. The van der Waals surface area contributed by atoms with E-state index in [0.717, 1.165) is 24.1 Å². The molecule has 4 aliphatic heterocycles. The number of sulfonamides is 1. The molecule has 324 valence electrons. The predicted octanol–water partition coefficient (Wildman–Crippen LogP) is 7.55. The fraction of sp³-hybridized carbons (Fsp3) is 0.357. The highest BCUT2D eigenvalue weighted by Crippen LogP contribution is 2.39. The van der Waals surface area contributed by atoms with Gasteiger partial charge in [-0.3, -0.25) is 14.4 Å². The zero-order valence-corrected chi connectivity index (χ0v) is 33.8. The lowest BCUT2D eigenvalue weighted by Crippen LogP contribution is -2.45. The highest BCUT2D eigenvalue weighted by molar-refractivity contribution is 7.89. The highest BCUT2D eigenvalue weighted by Gasteiger charge is 2.48. The van der Waals surface area contributed by atoms with E-state index in [9.17, 15) is 49.1 Å². The van der Waals surface area contributed by atoms with Gasteiger partial charge in [0.25, 0.3) is 0 Å². The number of benzene rings is 4. The van der Waals surface area contributed by atoms with Gasteiger partial charge in [0.1, 0.15) is 16.4 Å². The lowest BCUT2D eigenvalue weighted by Gasteiger charge is -2.33. The summed E-state index contributed by atoms with van der Waals surface area (Å²) in [5.74, 6) is -1.88. The van der Waals surface area contributed by atoms with Crippen LogP contribution >= 0.6 is 11.6 Å². The monoisotopic (exact) mass is 892 g/mol. The van der Waals surface area contributed by atoms with Gasteiger partial charge in [-0.25, -0.2) is 8.42 Å². The SMILES string of the molecule is O=C(Cc1ccccc1)N1C[C@@H]2CCN(c3ccc(OC(F)(F)F)cc3)C(=O)[C@@H]2C1.O=C1[C@@H]2CN(S(=O)(=O)c3ccccc3Cl)C[C@@H]2CCN1c1ccc(OC(F)(F)F)cc1. The molecule has 0 aromatic heterocycles. The van der Waals surface area contributed by atoms with Crippen molar-refractivity contribution >= 4 is 50.7 Å². The molecule has 0 N–H and O–H groups in total. The van der Waals surface area contributed by atoms with Crippen LogP contribution in [0.3, 0.4) is 0 Å². The molecule has 8 rings (SSSR count). The summed E-state index contributed by atoms with van der Waals surface area (Å²) in [6, 6.07) is 26.0. The summed E-state index contributed by atoms with van der Waals surface area (Å²) in [4.78, 5) is 43.6. The van der Waals surface area contributed by atoms with Crippen molar-refractivity contribution in [3.8, 4) is 11.5 Å². The van der Waals surface area contributed by atoms with Gasteiger partial charge >= 0.3 is 12.7 Å². The molecule has 0 bridgehead atoms. The molecular weight excluding hydrogens is 854 g/mol. The van der Waals surface area contributed by atoms with Crippen LogP contribution in [0.15, 0.2) is 108 Å². The average molecular weight is 893 g/mol. The van der Waals surface area contributed by atoms with Crippen LogP contribution in [0.2, 0.25) is 5.02 Å². The third kappa shape index (κ3) is 10.2. The molecule has 0 unspecified atom stereocenters. The minimum atomic E-state index is -4.80. The maximum atomic E-state index is 13.1. The van der Waals surface area contributed by atoms with Gasteiger partial charge in [0.2, 0.25) is 27.7 Å². The summed E-state index contributed by atoms with van der Waals surface area (Å²) in [5, 5.41) is 0.117. The largest absolute Gasteiger partial charge is 0.573 e. The van der Waals surface area contributed by atoms with Gasteiger partial charge < -0.3 is 24.2 Å². The van der Waals surface area contributed by atoms with Crippen molar-refractivity contribution in [3.05, 3.63) is 114 Å². The number of carbonyl (C=O) groups is 3. The van der Waals surface area contributed by atoms with E-state index in [1.807, 2.05) is 30.3 Å². The first-order valence-electron chi connectivity index (χ1n) is 19.3. The van der Waals surface area contributed by atoms with Crippen LogP contribution in [0, 0.1) is 23.7 Å². The van der Waals surface area contributed by atoms with Crippen LogP contribution in [0.25, 0.3) is 0 Å². The second kappa shape index (κ2) is 17.6. The Morgan fingerprint density at radius 3 is 1.62 bits per heavy atom. The van der Waals surface area contributed by atoms with Gasteiger partial charge in [0.05, 0.1) is 23.3 Å². The number of carbonyl (C=O) groups excluding carboxylic acids is 3. The van der Waals surface area contributed by atoms with Crippen LogP contribution in [-0.4, -0.2) is 87.3 Å². The number of alkyl halides is 6. The molecule has 4 aromatic rings. The zero-order valence-electron chi connectivity index (χ0n) is 32.2. The van der Waals surface area contributed by atoms with Crippen molar-refractivity contribution in [2.75, 3.05) is 49.1 Å². The van der Waals surface area contributed by atoms with Crippen molar-refractivity contribution < 1.29 is 58.6 Å². The van der Waals surface area contributed by atoms with Crippen LogP contribution < -0.4 is 19.3 Å². The number of anilines is 2. The maximum Gasteiger partial charge on any atom is 0.573 e. The minimum absolute atomic E-state index is 0.000118. The number of piperidine rings is 2. The van der Waals surface area contributed by atoms with Crippen LogP contribution in [0.5, 0.6) is 11.5 Å². The molecular formula is C42H39ClF6N4O7S. The molecule has 19 heteroatoms. The number of nitrogens with zero attached hydrogens (tertiary/aromatic N) is 4. The molecule has 0 spiro atoms. The van der Waals surface area contributed by atoms with E-state index in [4.69, 9.17) is 11.6 Å². The second-order valence-corrected chi connectivity index (χ2v) is 17.4. The molecule has 11 nitrogen and oxygen atoms in total. The Bertz CT molecular complexity index is 2340. The first-order chi connectivity index (χ1) is 28.9. The number of hydrogen-bond donors (Lipinski definition) is 0. The molecule has 0 saturated carbocycles. The summed E-state index contributed by atoms with van der Waals surface area (Å²) in [5.41, 5.74) is 1.90. The summed E-state index contributed by atoms with van der Waals surface area (Å²) in [6.07, 6.45) is -7.93. The molecule has 4 aliphatic rings. The van der Waals surface area contributed by atoms with Crippen molar-refractivity contribution in [1.82, 2.24) is 9.21 Å². The molecule has 4 fully saturated rings. The van der Waals surface area contributed by atoms with E-state index >= 15 is 0 Å². The van der Waals surface area contributed by atoms with Gasteiger partial charge in [-0.15, -0.1) is 26.3 Å². The average Bonchev–Trinajstić information content (AvgIpc) is 3.86. The Kier molecular flexibility index (Phi) is 12.6. The normalized spacial score (nSPS) is 22.0. The number of fused-ring (bicyclic) bond motifs is 2. The van der Waals surface area contributed by atoms with E-state index < -0.39 is 28.7 Å². The highest BCUT2D eigenvalue weighted by atomic mass is 35.5. The minimum Gasteiger partial charge on any atom is -0.406 e. The first-order valence-corrected chi connectivity index (χ1v) is 21.1. The van der Waals surface area contributed by atoms with Crippen molar-refractivity contribution in [1.29, 1.82) is 0 Å². The van der Waals surface area contributed by atoms with Crippen molar-refractivity contribution in [3.63, 3.8) is 0 Å². The van der Waals surface area contributed by atoms with Gasteiger partial charge in [-0.05, 0) is 90.9 Å². The number of rotatable bonds is 8. The predicted molar refractivity (Wildman–Crippen MR) is 211 cm³/mol. The number of amides is 3. The fourth-order valence-corrected chi connectivity index (χ4v) is 10.3. The Balaban J connectivity index is 0.000000184. The number of halogens is 7. The van der Waals surface area contributed by atoms with E-state index in [1.165, 1.54) is 57.7 Å². The summed E-state index contributed by atoms with van der Waals surface area (Å²) in [6.45, 7) is 2.01. The lowest BCUT2D eigenvalue weighted by molar-refractivity contribution is -0.275. The molecule has 4 atom stereocenters. The molecule has 0 aliphatic carbocycles. The molecule has 4 aromatic carbocycles. The van der Waals surface area contributed by atoms with Gasteiger partial charge in [-0.2, -0.15) is 4.31 Å². The van der Waals surface area contributed by atoms with Gasteiger partial charge in [0.15, 0.2) is 0 Å². The topological polar surface area (TPSA) is 117 Å². The van der Waals surface area contributed by atoms with E-state index in [1.54, 1.807) is 21.9 Å². The Hall–Kier alpha value is -5.33. The zero-order chi connectivity index (χ0) is 43.7. The van der Waals surface area contributed by atoms with Crippen molar-refractivity contribution in [2.45, 2.75) is 36.9 Å². The van der Waals surface area contributed by atoms with E-state index in [0.29, 0.717) is 50.4 Å². The molecule has 4 heterocycles. The number of hydrogen-bond acceptors (Lipinski definition) is 7. The van der Waals surface area contributed by atoms with Crippen LogP contribution in [0.4, 0.5) is 37.7 Å². The van der Waals surface area contributed by atoms with Crippen LogP contribution in [0.1, 0.15) is 18.4 Å². The van der Waals surface area contributed by atoms with Gasteiger partial charge in [-0.1, -0.05) is 54.1 Å². The van der Waals surface area contributed by atoms with Gasteiger partial charge in [0, 0.05) is 50.6 Å². The Labute approximate surface area is 352 Å². The van der Waals surface area contributed by atoms with Crippen molar-refractivity contribution in [2.24, 2.45) is 23.7 Å². The van der Waals surface area contributed by atoms with E-state index in [2.05, 4.69) is 9.47 Å². The smallest absolute Gasteiger partial charge is 0.406 e. The second-order valence-electron chi connectivity index (χ2n) is 15.1. The molecule has 3 amide bonds. The molecule has 61 heavy (non-hydrogen) atoms. The summed E-state index contributed by atoms with van der Waals surface area (Å²) >= 11 is 6.06. The molecule has 0 radical (unpaired) electrons. The van der Waals surface area contributed by atoms with E-state index in [-0.39, 0.29) is 70.0 Å². The third-order valence-electron chi connectivity index (χ3n) is 11.2. The van der Waals surface area contributed by atoms with Crippen LogP contribution in [-0.2, 0) is 30.8 Å². The quantitative estimate of drug-likeness (QED) is 0.168. The molecule has 4 saturated heterocycles.